The summed E-state index contributed by atoms with van der Waals surface area (Å²) in [5.74, 6) is -1.41. The van der Waals surface area contributed by atoms with Gasteiger partial charge in [0.15, 0.2) is 0 Å². The Morgan fingerprint density at radius 1 is 0.953 bits per heavy atom. The molecule has 1 atom stereocenters. The number of anilines is 1. The zero-order chi connectivity index (χ0) is 30.9. The molecule has 43 heavy (non-hydrogen) atoms. The van der Waals surface area contributed by atoms with Crippen LogP contribution in [0.5, 0.6) is 0 Å². The van der Waals surface area contributed by atoms with Crippen LogP contribution in [0.25, 0.3) is 16.5 Å². The van der Waals surface area contributed by atoms with Crippen molar-refractivity contribution >= 4 is 55.9 Å². The van der Waals surface area contributed by atoms with E-state index in [1.165, 1.54) is 27.7 Å². The molecule has 5 rings (SSSR count). The molecule has 1 saturated heterocycles. The number of sulfonamides is 1. The lowest BCUT2D eigenvalue weighted by Crippen LogP contribution is -2.57. The predicted octanol–water partition coefficient (Wildman–Crippen LogP) is 3.37. The minimum absolute atomic E-state index is 0.126. The fraction of sp³-hybridized carbons (Fsp3) is 0.200. The number of halogens is 1. The maximum absolute atomic E-state index is 14.1. The quantitative estimate of drug-likeness (QED) is 0.335. The van der Waals surface area contributed by atoms with Crippen LogP contribution in [0.1, 0.15) is 12.8 Å². The Hall–Kier alpha value is -4.52. The van der Waals surface area contributed by atoms with Crippen LogP contribution in [0.2, 0.25) is 5.02 Å². The summed E-state index contributed by atoms with van der Waals surface area (Å²) in [6, 6.07) is 18.7. The van der Waals surface area contributed by atoms with E-state index in [0.717, 1.165) is 11.4 Å². The normalized spacial score (nSPS) is 15.6. The predicted molar refractivity (Wildman–Crippen MR) is 163 cm³/mol. The number of amides is 4. The van der Waals surface area contributed by atoms with Crippen molar-refractivity contribution in [3.63, 3.8) is 0 Å². The number of nitrogens with two attached hydrogens (primary N) is 1. The molecule has 0 bridgehead atoms. The highest BCUT2D eigenvalue weighted by Gasteiger charge is 2.42. The van der Waals surface area contributed by atoms with Crippen LogP contribution in [0.4, 0.5) is 10.5 Å². The number of nitrogens with zero attached hydrogens (tertiary/aromatic N) is 4. The minimum atomic E-state index is -4.43. The Bertz CT molecular complexity index is 1890. The van der Waals surface area contributed by atoms with Gasteiger partial charge in [0.1, 0.15) is 6.04 Å². The summed E-state index contributed by atoms with van der Waals surface area (Å²) in [5, 5.41) is 1.80. The van der Waals surface area contributed by atoms with Gasteiger partial charge in [0, 0.05) is 42.3 Å². The number of imide groups is 1. The van der Waals surface area contributed by atoms with Crippen molar-refractivity contribution in [3.8, 4) is 5.69 Å². The Morgan fingerprint density at radius 3 is 2.33 bits per heavy atom. The molecular formula is C30H28ClN5O6S. The zero-order valence-corrected chi connectivity index (χ0v) is 24.7. The first kappa shape index (κ1) is 30.0. The lowest BCUT2D eigenvalue weighted by molar-refractivity contribution is -0.129. The SMILES string of the molecule is CN(C(N)=O)C(=O)CN(C1CCCN(c2ccc(-n3ccccc3=O)cc2)C1=O)S(=O)(=O)c1ccc2cc(Cl)ccc2c1. The van der Waals surface area contributed by atoms with Crippen molar-refractivity contribution in [2.45, 2.75) is 23.8 Å². The van der Waals surface area contributed by atoms with E-state index in [1.54, 1.807) is 66.9 Å². The lowest BCUT2D eigenvalue weighted by atomic mass is 10.0. The highest BCUT2D eigenvalue weighted by Crippen LogP contribution is 2.30. The number of carbonyl (C=O) groups is 3. The van der Waals surface area contributed by atoms with Crippen molar-refractivity contribution in [2.75, 3.05) is 25.0 Å². The van der Waals surface area contributed by atoms with Crippen molar-refractivity contribution < 1.29 is 22.8 Å². The fourth-order valence-electron chi connectivity index (χ4n) is 5.03. The molecular weight excluding hydrogens is 594 g/mol. The molecule has 1 unspecified atom stereocenters. The van der Waals surface area contributed by atoms with Gasteiger partial charge >= 0.3 is 6.03 Å². The van der Waals surface area contributed by atoms with Crippen molar-refractivity contribution in [2.24, 2.45) is 5.73 Å². The molecule has 4 amide bonds. The lowest BCUT2D eigenvalue weighted by Gasteiger charge is -2.38. The van der Waals surface area contributed by atoms with E-state index >= 15 is 0 Å². The molecule has 3 aromatic carbocycles. The van der Waals surface area contributed by atoms with E-state index in [2.05, 4.69) is 0 Å². The van der Waals surface area contributed by atoms with Gasteiger partial charge in [-0.15, -0.1) is 0 Å². The molecule has 222 valence electrons. The van der Waals surface area contributed by atoms with Crippen LogP contribution in [0.15, 0.2) is 94.7 Å². The van der Waals surface area contributed by atoms with Gasteiger partial charge in [-0.05, 0) is 78.2 Å². The van der Waals surface area contributed by atoms with Gasteiger partial charge in [-0.1, -0.05) is 29.8 Å². The van der Waals surface area contributed by atoms with Crippen molar-refractivity contribution in [3.05, 3.63) is 100 Å². The number of benzene rings is 3. The zero-order valence-electron chi connectivity index (χ0n) is 23.1. The van der Waals surface area contributed by atoms with Gasteiger partial charge < -0.3 is 10.6 Å². The standard InChI is InChI=1S/C30H28ClN5O6S/c1-33(30(32)40)28(38)19-36(43(41,42)25-14-8-20-17-22(31)9-7-21(20)18-25)26-5-4-16-35(29(26)39)24-12-10-23(11-13-24)34-15-3-2-6-27(34)37/h2-3,6-15,17-18,26H,4-5,16,19H2,1H3,(H2,32,40). The monoisotopic (exact) mass is 621 g/mol. The molecule has 1 fully saturated rings. The maximum atomic E-state index is 14.1. The highest BCUT2D eigenvalue weighted by atomic mass is 35.5. The Kier molecular flexibility index (Phi) is 8.36. The number of primary amides is 1. The molecule has 2 heterocycles. The van der Waals surface area contributed by atoms with Gasteiger partial charge in [0.05, 0.1) is 11.4 Å². The Labute approximate surface area is 252 Å². The number of aromatic nitrogens is 1. The molecule has 0 spiro atoms. The van der Waals surface area contributed by atoms with Gasteiger partial charge in [0.2, 0.25) is 21.8 Å². The van der Waals surface area contributed by atoms with Crippen LogP contribution >= 0.6 is 11.6 Å². The van der Waals surface area contributed by atoms with Crippen LogP contribution in [-0.4, -0.2) is 66.2 Å². The third kappa shape index (κ3) is 6.03. The second-order valence-electron chi connectivity index (χ2n) is 10.1. The van der Waals surface area contributed by atoms with Gasteiger partial charge in [-0.3, -0.25) is 23.9 Å². The van der Waals surface area contributed by atoms with Gasteiger partial charge in [-0.2, -0.15) is 4.31 Å². The van der Waals surface area contributed by atoms with E-state index in [0.29, 0.717) is 45.0 Å². The molecule has 13 heteroatoms. The molecule has 4 aromatic rings. The van der Waals surface area contributed by atoms with Crippen LogP contribution in [0.3, 0.4) is 0 Å². The molecule has 1 aliphatic rings. The number of hydrogen-bond donors (Lipinski definition) is 1. The molecule has 1 aliphatic heterocycles. The summed E-state index contributed by atoms with van der Waals surface area (Å²) in [5.41, 5.74) is 6.15. The second-order valence-corrected chi connectivity index (χ2v) is 12.4. The van der Waals surface area contributed by atoms with Crippen LogP contribution in [0, 0.1) is 0 Å². The number of hydrogen-bond acceptors (Lipinski definition) is 6. The van der Waals surface area contributed by atoms with Gasteiger partial charge in [-0.25, -0.2) is 13.2 Å². The first-order chi connectivity index (χ1) is 20.5. The van der Waals surface area contributed by atoms with E-state index in [1.807, 2.05) is 0 Å². The van der Waals surface area contributed by atoms with E-state index in [9.17, 15) is 27.6 Å². The molecule has 0 aliphatic carbocycles. The second kappa shape index (κ2) is 12.0. The largest absolute Gasteiger partial charge is 0.351 e. The first-order valence-electron chi connectivity index (χ1n) is 13.3. The summed E-state index contributed by atoms with van der Waals surface area (Å²) >= 11 is 6.08. The number of carbonyl (C=O) groups excluding carboxylic acids is 3. The molecule has 2 N–H and O–H groups in total. The summed E-state index contributed by atoms with van der Waals surface area (Å²) in [6.45, 7) is -0.458. The molecule has 0 radical (unpaired) electrons. The average molecular weight is 622 g/mol. The number of piperidine rings is 1. The van der Waals surface area contributed by atoms with Gasteiger partial charge in [0.25, 0.3) is 5.56 Å². The number of urea groups is 1. The summed E-state index contributed by atoms with van der Waals surface area (Å²) < 4.78 is 30.5. The highest BCUT2D eigenvalue weighted by molar-refractivity contribution is 7.89. The molecule has 11 nitrogen and oxygen atoms in total. The summed E-state index contributed by atoms with van der Waals surface area (Å²) in [6.07, 6.45) is 2.23. The summed E-state index contributed by atoms with van der Waals surface area (Å²) in [7, 11) is -3.28. The number of fused-ring (bicyclic) bond motifs is 1. The topological polar surface area (TPSA) is 143 Å². The Morgan fingerprint density at radius 2 is 1.63 bits per heavy atom. The number of rotatable bonds is 7. The maximum Gasteiger partial charge on any atom is 0.321 e. The third-order valence-electron chi connectivity index (χ3n) is 7.40. The average Bonchev–Trinajstić information content (AvgIpc) is 2.99. The van der Waals surface area contributed by atoms with E-state index in [4.69, 9.17) is 17.3 Å². The number of pyridine rings is 1. The number of likely N-dealkylation sites (N-methyl/N-ethyl adjacent to an activating group) is 1. The smallest absolute Gasteiger partial charge is 0.321 e. The first-order valence-corrected chi connectivity index (χ1v) is 15.2. The molecule has 1 aromatic heterocycles. The summed E-state index contributed by atoms with van der Waals surface area (Å²) in [4.78, 5) is 52.8. The third-order valence-corrected chi connectivity index (χ3v) is 9.48. The Balaban J connectivity index is 1.50. The fourth-order valence-corrected chi connectivity index (χ4v) is 6.81. The van der Waals surface area contributed by atoms with E-state index < -0.39 is 40.5 Å². The van der Waals surface area contributed by atoms with Crippen LogP contribution in [-0.2, 0) is 19.6 Å². The van der Waals surface area contributed by atoms with Crippen LogP contribution < -0.4 is 16.2 Å². The van der Waals surface area contributed by atoms with E-state index in [-0.39, 0.29) is 16.9 Å². The molecule has 0 saturated carbocycles. The minimum Gasteiger partial charge on any atom is -0.351 e. The van der Waals surface area contributed by atoms with Crippen molar-refractivity contribution in [1.82, 2.24) is 13.8 Å². The van der Waals surface area contributed by atoms with Crippen molar-refractivity contribution in [1.29, 1.82) is 0 Å².